The molecule has 0 fully saturated rings. The first-order valence-corrected chi connectivity index (χ1v) is 10.2. The molecule has 1 aliphatic rings. The second kappa shape index (κ2) is 9.62. The van der Waals surface area contributed by atoms with Gasteiger partial charge in [-0.15, -0.1) is 5.06 Å². The highest BCUT2D eigenvalue weighted by Crippen LogP contribution is 2.33. The summed E-state index contributed by atoms with van der Waals surface area (Å²) in [7, 11) is 0. The molecule has 0 radical (unpaired) electrons. The summed E-state index contributed by atoms with van der Waals surface area (Å²) in [5.41, 5.74) is 4.21. The maximum atomic E-state index is 14.7. The molecule has 0 saturated heterocycles. The van der Waals surface area contributed by atoms with Crippen molar-refractivity contribution in [1.82, 2.24) is 5.06 Å². The minimum Gasteiger partial charge on any atom is -0.481 e. The number of aliphatic carboxylic acids is 1. The van der Waals surface area contributed by atoms with E-state index in [-0.39, 0.29) is 19.6 Å². The van der Waals surface area contributed by atoms with Gasteiger partial charge in [-0.2, -0.15) is 0 Å². The lowest BCUT2D eigenvalue weighted by Gasteiger charge is -2.28. The largest absolute Gasteiger partial charge is 0.528 e. The quantitative estimate of drug-likeness (QED) is 0.564. The molecule has 1 aliphatic heterocycles. The first kappa shape index (κ1) is 21.5. The Bertz CT molecular complexity index is 1130. The summed E-state index contributed by atoms with van der Waals surface area (Å²) in [4.78, 5) is 28.6. The van der Waals surface area contributed by atoms with Gasteiger partial charge in [0, 0.05) is 12.1 Å². The predicted molar refractivity (Wildman–Crippen MR) is 115 cm³/mol. The van der Waals surface area contributed by atoms with E-state index >= 15 is 0 Å². The first-order valence-electron chi connectivity index (χ1n) is 10.2. The summed E-state index contributed by atoms with van der Waals surface area (Å²) in [6.07, 6.45) is -0.375. The number of carbonyl (C=O) groups is 2. The standard InChI is InChI=1S/C25H22FNO5/c26-23-10-9-18(14-24(28)29)13-21(23)20-8-4-7-19-11-12-27(15-22(19)20)32-25(30)31-16-17-5-2-1-3-6-17/h1-10,13H,11-12,14-16H2,(H,28,29). The molecule has 32 heavy (non-hydrogen) atoms. The Morgan fingerprint density at radius 3 is 2.56 bits per heavy atom. The van der Waals surface area contributed by atoms with Crippen molar-refractivity contribution >= 4 is 12.1 Å². The zero-order valence-electron chi connectivity index (χ0n) is 17.3. The topological polar surface area (TPSA) is 76.1 Å². The SMILES string of the molecule is O=C(O)Cc1ccc(F)c(-c2cccc3c2CN(OC(=O)OCc2ccccc2)CC3)c1. The van der Waals surface area contributed by atoms with Crippen molar-refractivity contribution in [2.45, 2.75) is 26.0 Å². The Morgan fingerprint density at radius 2 is 1.78 bits per heavy atom. The molecular formula is C25H22FNO5. The zero-order chi connectivity index (χ0) is 22.5. The molecule has 3 aromatic rings. The summed E-state index contributed by atoms with van der Waals surface area (Å²) in [6, 6.07) is 19.2. The van der Waals surface area contributed by atoms with Gasteiger partial charge in [-0.25, -0.2) is 9.18 Å². The van der Waals surface area contributed by atoms with Crippen molar-refractivity contribution in [2.75, 3.05) is 6.54 Å². The molecule has 7 heteroatoms. The van der Waals surface area contributed by atoms with Gasteiger partial charge in [0.25, 0.3) is 0 Å². The van der Waals surface area contributed by atoms with Gasteiger partial charge in [0.05, 0.1) is 13.0 Å². The van der Waals surface area contributed by atoms with Crippen LogP contribution in [0.25, 0.3) is 11.1 Å². The minimum atomic E-state index is -0.980. The number of benzene rings is 3. The second-order valence-electron chi connectivity index (χ2n) is 7.56. The average molecular weight is 435 g/mol. The Balaban J connectivity index is 1.50. The van der Waals surface area contributed by atoms with Gasteiger partial charge in [-0.3, -0.25) is 4.79 Å². The Kier molecular flexibility index (Phi) is 6.47. The Morgan fingerprint density at radius 1 is 0.969 bits per heavy atom. The van der Waals surface area contributed by atoms with Gasteiger partial charge in [-0.1, -0.05) is 54.6 Å². The molecule has 1 heterocycles. The lowest BCUT2D eigenvalue weighted by molar-refractivity contribution is -0.139. The zero-order valence-corrected chi connectivity index (χ0v) is 17.3. The lowest BCUT2D eigenvalue weighted by atomic mass is 9.90. The Hall–Kier alpha value is -3.71. The highest BCUT2D eigenvalue weighted by Gasteiger charge is 2.24. The number of carboxylic acid groups (broad SMARTS) is 1. The van der Waals surface area contributed by atoms with Crippen LogP contribution in [-0.2, 0) is 40.4 Å². The molecule has 0 aromatic heterocycles. The second-order valence-corrected chi connectivity index (χ2v) is 7.56. The van der Waals surface area contributed by atoms with E-state index in [9.17, 15) is 14.0 Å². The molecule has 0 aliphatic carbocycles. The number of ether oxygens (including phenoxy) is 1. The van der Waals surface area contributed by atoms with E-state index in [1.54, 1.807) is 12.1 Å². The maximum Gasteiger partial charge on any atom is 0.528 e. The van der Waals surface area contributed by atoms with E-state index in [1.807, 2.05) is 42.5 Å². The van der Waals surface area contributed by atoms with E-state index in [1.165, 1.54) is 17.2 Å². The number of carbonyl (C=O) groups excluding carboxylic acids is 1. The number of hydroxylamine groups is 2. The molecular weight excluding hydrogens is 413 g/mol. The molecule has 0 spiro atoms. The van der Waals surface area contributed by atoms with Crippen LogP contribution in [0.1, 0.15) is 22.3 Å². The van der Waals surface area contributed by atoms with Gasteiger partial charge in [0.15, 0.2) is 0 Å². The monoisotopic (exact) mass is 435 g/mol. The van der Waals surface area contributed by atoms with Crippen LogP contribution >= 0.6 is 0 Å². The summed E-state index contributed by atoms with van der Waals surface area (Å²) in [5.74, 6) is -1.42. The summed E-state index contributed by atoms with van der Waals surface area (Å²) in [6.45, 7) is 0.865. The van der Waals surface area contributed by atoms with Crippen LogP contribution in [0.4, 0.5) is 9.18 Å². The van der Waals surface area contributed by atoms with Gasteiger partial charge >= 0.3 is 12.1 Å². The van der Waals surface area contributed by atoms with Crippen molar-refractivity contribution < 1.29 is 28.7 Å². The van der Waals surface area contributed by atoms with Crippen LogP contribution in [0, 0.1) is 5.82 Å². The number of fused-ring (bicyclic) bond motifs is 1. The Labute approximate surface area is 184 Å². The van der Waals surface area contributed by atoms with Crippen LogP contribution in [0.5, 0.6) is 0 Å². The van der Waals surface area contributed by atoms with Crippen molar-refractivity contribution in [3.63, 3.8) is 0 Å². The van der Waals surface area contributed by atoms with E-state index in [4.69, 9.17) is 14.7 Å². The van der Waals surface area contributed by atoms with Crippen LogP contribution in [0.15, 0.2) is 66.7 Å². The molecule has 0 atom stereocenters. The van der Waals surface area contributed by atoms with Crippen LogP contribution < -0.4 is 0 Å². The third-order valence-electron chi connectivity index (χ3n) is 5.32. The van der Waals surface area contributed by atoms with Gasteiger partial charge in [-0.05, 0) is 46.4 Å². The van der Waals surface area contributed by atoms with Crippen LogP contribution in [0.3, 0.4) is 0 Å². The molecule has 0 amide bonds. The molecule has 3 aromatic carbocycles. The van der Waals surface area contributed by atoms with Crippen LogP contribution in [0.2, 0.25) is 0 Å². The van der Waals surface area contributed by atoms with Crippen molar-refractivity contribution in [3.8, 4) is 11.1 Å². The molecule has 1 N–H and O–H groups in total. The number of rotatable bonds is 6. The van der Waals surface area contributed by atoms with Gasteiger partial charge in [0.1, 0.15) is 12.4 Å². The normalized spacial score (nSPS) is 13.3. The highest BCUT2D eigenvalue weighted by molar-refractivity contribution is 5.74. The van der Waals surface area contributed by atoms with Gasteiger partial charge in [0.2, 0.25) is 0 Å². The third-order valence-corrected chi connectivity index (χ3v) is 5.32. The number of nitrogens with zero attached hydrogens (tertiary/aromatic N) is 1. The summed E-state index contributed by atoms with van der Waals surface area (Å²) >= 11 is 0. The van der Waals surface area contributed by atoms with Crippen molar-refractivity contribution in [3.05, 3.63) is 94.8 Å². The summed E-state index contributed by atoms with van der Waals surface area (Å²) < 4.78 is 19.9. The van der Waals surface area contributed by atoms with Crippen molar-refractivity contribution in [2.24, 2.45) is 0 Å². The number of hydrogen-bond donors (Lipinski definition) is 1. The smallest absolute Gasteiger partial charge is 0.481 e. The molecule has 6 nitrogen and oxygen atoms in total. The average Bonchev–Trinajstić information content (AvgIpc) is 2.79. The molecule has 0 unspecified atom stereocenters. The van der Waals surface area contributed by atoms with E-state index in [0.29, 0.717) is 29.7 Å². The molecule has 4 rings (SSSR count). The lowest BCUT2D eigenvalue weighted by Crippen LogP contribution is -2.33. The van der Waals surface area contributed by atoms with E-state index in [0.717, 1.165) is 16.7 Å². The fraction of sp³-hybridized carbons (Fsp3) is 0.200. The van der Waals surface area contributed by atoms with Crippen molar-refractivity contribution in [1.29, 1.82) is 0 Å². The number of carboxylic acids is 1. The molecule has 0 saturated carbocycles. The fourth-order valence-electron chi connectivity index (χ4n) is 3.80. The van der Waals surface area contributed by atoms with Gasteiger partial charge < -0.3 is 14.7 Å². The molecule has 0 bridgehead atoms. The van der Waals surface area contributed by atoms with Crippen LogP contribution in [-0.4, -0.2) is 28.8 Å². The summed E-state index contributed by atoms with van der Waals surface area (Å²) in [5, 5.41) is 10.6. The number of halogens is 1. The first-order chi connectivity index (χ1) is 15.5. The maximum absolute atomic E-state index is 14.7. The van der Waals surface area contributed by atoms with E-state index < -0.39 is 17.9 Å². The molecule has 164 valence electrons. The minimum absolute atomic E-state index is 0.108. The highest BCUT2D eigenvalue weighted by atomic mass is 19.1. The fourth-order valence-corrected chi connectivity index (χ4v) is 3.80. The predicted octanol–water partition coefficient (Wildman–Crippen LogP) is 4.75. The van der Waals surface area contributed by atoms with E-state index in [2.05, 4.69) is 0 Å². The third kappa shape index (κ3) is 5.12. The number of hydrogen-bond acceptors (Lipinski definition) is 5.